The lowest BCUT2D eigenvalue weighted by Crippen LogP contribution is -2.38. The minimum absolute atomic E-state index is 0.118. The number of hydrogen-bond acceptors (Lipinski definition) is 6. The van der Waals surface area contributed by atoms with Gasteiger partial charge in [-0.3, -0.25) is 4.79 Å². The highest BCUT2D eigenvalue weighted by Crippen LogP contribution is 2.26. The van der Waals surface area contributed by atoms with Crippen molar-refractivity contribution in [2.24, 2.45) is 0 Å². The van der Waals surface area contributed by atoms with E-state index in [1.165, 1.54) is 30.6 Å². The maximum Gasteiger partial charge on any atom is 0.361 e. The quantitative estimate of drug-likeness (QED) is 0.795. The molecule has 1 aliphatic rings. The molecule has 1 saturated carbocycles. The lowest BCUT2D eigenvalue weighted by Gasteiger charge is -2.20. The number of thiophene rings is 1. The van der Waals surface area contributed by atoms with E-state index < -0.39 is 5.97 Å². The molecular weight excluding hydrogens is 352 g/mol. The molecule has 0 saturated heterocycles. The molecular formula is C19H24N2O4S. The number of carbonyl (C=O) groups excluding carboxylic acids is 2. The van der Waals surface area contributed by atoms with E-state index in [4.69, 9.17) is 9.15 Å². The lowest BCUT2D eigenvalue weighted by molar-refractivity contribution is -0.125. The van der Waals surface area contributed by atoms with E-state index >= 15 is 0 Å². The van der Waals surface area contributed by atoms with Crippen LogP contribution in [0.25, 0.3) is 10.8 Å². The number of carbonyl (C=O) groups is 2. The van der Waals surface area contributed by atoms with Crippen LogP contribution >= 0.6 is 11.3 Å². The van der Waals surface area contributed by atoms with Gasteiger partial charge < -0.3 is 14.5 Å². The van der Waals surface area contributed by atoms with Gasteiger partial charge >= 0.3 is 5.97 Å². The van der Waals surface area contributed by atoms with Gasteiger partial charge in [0, 0.05) is 6.04 Å². The zero-order valence-electron chi connectivity index (χ0n) is 15.0. The highest BCUT2D eigenvalue weighted by Gasteiger charge is 2.21. The third kappa shape index (κ3) is 4.94. The molecule has 0 aromatic carbocycles. The highest BCUT2D eigenvalue weighted by molar-refractivity contribution is 7.13. The molecule has 2 heterocycles. The van der Waals surface area contributed by atoms with Crippen LogP contribution in [0.4, 0.5) is 0 Å². The fourth-order valence-corrected chi connectivity index (χ4v) is 3.81. The van der Waals surface area contributed by atoms with Gasteiger partial charge in [0.2, 0.25) is 5.89 Å². The van der Waals surface area contributed by atoms with E-state index in [0.29, 0.717) is 11.7 Å². The summed E-state index contributed by atoms with van der Waals surface area (Å²) in [5, 5.41) is 4.89. The summed E-state index contributed by atoms with van der Waals surface area (Å²) in [4.78, 5) is 29.4. The third-order valence-electron chi connectivity index (χ3n) is 4.53. The second-order valence-electron chi connectivity index (χ2n) is 6.59. The van der Waals surface area contributed by atoms with Crippen LogP contribution in [0.15, 0.2) is 21.9 Å². The summed E-state index contributed by atoms with van der Waals surface area (Å²) in [5.74, 6) is -0.118. The number of nitrogens with one attached hydrogen (secondary N) is 1. The Hall–Kier alpha value is -2.15. The minimum Gasteiger partial charge on any atom is -0.451 e. The molecule has 2 aromatic heterocycles. The molecule has 0 atom stereocenters. The Labute approximate surface area is 157 Å². The molecule has 0 unspecified atom stereocenters. The van der Waals surface area contributed by atoms with Gasteiger partial charge in [-0.25, -0.2) is 9.78 Å². The maximum absolute atomic E-state index is 12.2. The Bertz CT molecular complexity index is 731. The highest BCUT2D eigenvalue weighted by atomic mass is 32.1. The van der Waals surface area contributed by atoms with Crippen LogP contribution in [-0.2, 0) is 9.53 Å². The molecule has 2 aromatic rings. The second kappa shape index (κ2) is 8.98. The molecule has 26 heavy (non-hydrogen) atoms. The van der Waals surface area contributed by atoms with Crippen molar-refractivity contribution in [2.75, 3.05) is 6.61 Å². The van der Waals surface area contributed by atoms with Gasteiger partial charge in [0.25, 0.3) is 5.91 Å². The SMILES string of the molecule is Cc1oc(-c2cccs2)nc1C(=O)OCC(=O)NC1CCCCCCC1. The largest absolute Gasteiger partial charge is 0.451 e. The van der Waals surface area contributed by atoms with Crippen LogP contribution in [0.1, 0.15) is 61.2 Å². The topological polar surface area (TPSA) is 81.4 Å². The van der Waals surface area contributed by atoms with Crippen LogP contribution in [0.5, 0.6) is 0 Å². The van der Waals surface area contributed by atoms with Crippen molar-refractivity contribution in [1.29, 1.82) is 0 Å². The van der Waals surface area contributed by atoms with Crippen molar-refractivity contribution in [3.63, 3.8) is 0 Å². The predicted molar refractivity (Wildman–Crippen MR) is 99.1 cm³/mol. The average Bonchev–Trinajstić information content (AvgIpc) is 3.24. The second-order valence-corrected chi connectivity index (χ2v) is 7.53. The standard InChI is InChI=1S/C19H24N2O4S/c1-13-17(21-18(25-13)15-10-7-11-26-15)19(23)24-12-16(22)20-14-8-5-3-2-4-6-9-14/h7,10-11,14H,2-6,8-9,12H2,1H3,(H,20,22). The monoisotopic (exact) mass is 376 g/mol. The number of aromatic nitrogens is 1. The molecule has 0 bridgehead atoms. The molecule has 1 N–H and O–H groups in total. The van der Waals surface area contributed by atoms with Crippen molar-refractivity contribution in [3.05, 3.63) is 29.0 Å². The molecule has 1 amide bonds. The van der Waals surface area contributed by atoms with Crippen molar-refractivity contribution in [1.82, 2.24) is 10.3 Å². The Morgan fingerprint density at radius 2 is 2.00 bits per heavy atom. The minimum atomic E-state index is -0.637. The van der Waals surface area contributed by atoms with Gasteiger partial charge in [0.15, 0.2) is 12.3 Å². The first kappa shape index (κ1) is 18.6. The molecule has 140 valence electrons. The Kier molecular flexibility index (Phi) is 6.44. The predicted octanol–water partition coefficient (Wildman–Crippen LogP) is 4.10. The van der Waals surface area contributed by atoms with Gasteiger partial charge in [-0.1, -0.05) is 38.2 Å². The van der Waals surface area contributed by atoms with E-state index in [9.17, 15) is 9.59 Å². The zero-order valence-corrected chi connectivity index (χ0v) is 15.8. The molecule has 6 nitrogen and oxygen atoms in total. The van der Waals surface area contributed by atoms with Crippen LogP contribution in [0.3, 0.4) is 0 Å². The Morgan fingerprint density at radius 1 is 1.27 bits per heavy atom. The van der Waals surface area contributed by atoms with Crippen molar-refractivity contribution in [3.8, 4) is 10.8 Å². The summed E-state index contributed by atoms with van der Waals surface area (Å²) in [6.07, 6.45) is 7.97. The van der Waals surface area contributed by atoms with Crippen LogP contribution in [0, 0.1) is 6.92 Å². The van der Waals surface area contributed by atoms with Gasteiger partial charge in [0.05, 0.1) is 4.88 Å². The third-order valence-corrected chi connectivity index (χ3v) is 5.38. The van der Waals surface area contributed by atoms with Crippen LogP contribution < -0.4 is 5.32 Å². The van der Waals surface area contributed by atoms with E-state index in [0.717, 1.165) is 30.6 Å². The summed E-state index contributed by atoms with van der Waals surface area (Å²) >= 11 is 1.48. The average molecular weight is 376 g/mol. The molecule has 7 heteroatoms. The van der Waals surface area contributed by atoms with Gasteiger partial charge in [-0.15, -0.1) is 11.3 Å². The number of aryl methyl sites for hydroxylation is 1. The van der Waals surface area contributed by atoms with Gasteiger partial charge in [0.1, 0.15) is 5.76 Å². The number of ether oxygens (including phenoxy) is 1. The molecule has 1 fully saturated rings. The first-order valence-corrected chi connectivity index (χ1v) is 9.99. The summed E-state index contributed by atoms with van der Waals surface area (Å²) in [6.45, 7) is 1.37. The lowest BCUT2D eigenvalue weighted by atomic mass is 9.97. The van der Waals surface area contributed by atoms with E-state index in [1.807, 2.05) is 17.5 Å². The summed E-state index contributed by atoms with van der Waals surface area (Å²) in [6, 6.07) is 3.94. The molecule has 1 aliphatic carbocycles. The number of esters is 1. The fraction of sp³-hybridized carbons (Fsp3) is 0.526. The molecule has 3 rings (SSSR count). The van der Waals surface area contributed by atoms with Crippen molar-refractivity contribution in [2.45, 2.75) is 57.9 Å². The smallest absolute Gasteiger partial charge is 0.361 e. The first-order chi connectivity index (χ1) is 12.6. The van der Waals surface area contributed by atoms with E-state index in [2.05, 4.69) is 10.3 Å². The Balaban J connectivity index is 1.51. The van der Waals surface area contributed by atoms with Crippen molar-refractivity contribution < 1.29 is 18.7 Å². The van der Waals surface area contributed by atoms with E-state index in [-0.39, 0.29) is 24.2 Å². The number of amides is 1. The molecule has 0 aliphatic heterocycles. The van der Waals surface area contributed by atoms with Crippen LogP contribution in [0.2, 0.25) is 0 Å². The number of oxazole rings is 1. The van der Waals surface area contributed by atoms with Crippen molar-refractivity contribution >= 4 is 23.2 Å². The summed E-state index contributed by atoms with van der Waals surface area (Å²) in [5.41, 5.74) is 0.118. The van der Waals surface area contributed by atoms with Gasteiger partial charge in [-0.2, -0.15) is 0 Å². The summed E-state index contributed by atoms with van der Waals surface area (Å²) < 4.78 is 10.7. The maximum atomic E-state index is 12.2. The number of hydrogen-bond donors (Lipinski definition) is 1. The first-order valence-electron chi connectivity index (χ1n) is 9.11. The Morgan fingerprint density at radius 3 is 2.69 bits per heavy atom. The molecule has 0 radical (unpaired) electrons. The van der Waals surface area contributed by atoms with Gasteiger partial charge in [-0.05, 0) is 31.2 Å². The fourth-order valence-electron chi connectivity index (χ4n) is 3.16. The van der Waals surface area contributed by atoms with Crippen LogP contribution in [-0.4, -0.2) is 29.5 Å². The van der Waals surface area contributed by atoms with E-state index in [1.54, 1.807) is 6.92 Å². The zero-order chi connectivity index (χ0) is 18.4. The normalized spacial score (nSPS) is 15.9. The summed E-state index contributed by atoms with van der Waals surface area (Å²) in [7, 11) is 0. The molecule has 0 spiro atoms. The number of rotatable bonds is 5. The number of nitrogens with zero attached hydrogens (tertiary/aromatic N) is 1.